The van der Waals surface area contributed by atoms with Gasteiger partial charge in [0.15, 0.2) is 5.82 Å². The number of aromatic nitrogens is 1. The molecular weight excluding hydrogens is 285 g/mol. The van der Waals surface area contributed by atoms with Gasteiger partial charge in [-0.25, -0.2) is 9.37 Å². The van der Waals surface area contributed by atoms with Crippen LogP contribution in [0.25, 0.3) is 20.8 Å². The number of fused-ring (bicyclic) bond motifs is 2. The Morgan fingerprint density at radius 3 is 2.67 bits per heavy atom. The summed E-state index contributed by atoms with van der Waals surface area (Å²) in [6, 6.07) is 7.93. The topological polar surface area (TPSA) is 28.5 Å². The molecule has 3 nitrogen and oxygen atoms in total. The summed E-state index contributed by atoms with van der Waals surface area (Å²) in [6.45, 7) is 1.86. The van der Waals surface area contributed by atoms with Gasteiger partial charge in [0.25, 0.3) is 0 Å². The number of hydrogen-bond acceptors (Lipinski definition) is 4. The Hall–Kier alpha value is -2.01. The highest BCUT2D eigenvalue weighted by molar-refractivity contribution is 7.21. The molecule has 0 bridgehead atoms. The van der Waals surface area contributed by atoms with Gasteiger partial charge in [-0.2, -0.15) is 0 Å². The Bertz CT molecular complexity index is 867. The van der Waals surface area contributed by atoms with Gasteiger partial charge >= 0.3 is 0 Å². The lowest BCUT2D eigenvalue weighted by Crippen LogP contribution is -2.14. The molecule has 0 atom stereocenters. The van der Waals surface area contributed by atoms with Gasteiger partial charge in [-0.3, -0.25) is 4.99 Å². The van der Waals surface area contributed by atoms with E-state index in [1.165, 1.54) is 11.3 Å². The van der Waals surface area contributed by atoms with E-state index >= 15 is 0 Å². The van der Waals surface area contributed by atoms with E-state index in [0.717, 1.165) is 21.5 Å². The zero-order chi connectivity index (χ0) is 15.1. The molecule has 108 valence electrons. The van der Waals surface area contributed by atoms with Crippen LogP contribution in [0.15, 0.2) is 29.3 Å². The maximum atomic E-state index is 14.6. The van der Waals surface area contributed by atoms with Crippen LogP contribution >= 0.6 is 11.3 Å². The predicted octanol–water partition coefficient (Wildman–Crippen LogP) is 3.45. The smallest absolute Gasteiger partial charge is 0.167 e. The van der Waals surface area contributed by atoms with E-state index in [1.807, 2.05) is 50.2 Å². The molecule has 0 amide bonds. The second kappa shape index (κ2) is 5.07. The van der Waals surface area contributed by atoms with Gasteiger partial charge in [0, 0.05) is 26.8 Å². The first kappa shape index (κ1) is 13.9. The Labute approximate surface area is 126 Å². The minimum atomic E-state index is -0.276. The number of nitrogens with zero attached hydrogens (tertiary/aromatic N) is 3. The van der Waals surface area contributed by atoms with Gasteiger partial charge in [-0.15, -0.1) is 11.3 Å². The van der Waals surface area contributed by atoms with Crippen LogP contribution in [0.5, 0.6) is 0 Å². The molecule has 1 aliphatic carbocycles. The van der Waals surface area contributed by atoms with Crippen LogP contribution in [-0.4, -0.2) is 26.1 Å². The second-order valence-corrected chi connectivity index (χ2v) is 6.24. The molecule has 0 unspecified atom stereocenters. The molecule has 1 aromatic carbocycles. The average Bonchev–Trinajstić information content (AvgIpc) is 2.45. The summed E-state index contributed by atoms with van der Waals surface area (Å²) in [5.41, 5.74) is 3.46. The van der Waals surface area contributed by atoms with Crippen LogP contribution in [0, 0.1) is 12.7 Å². The maximum Gasteiger partial charge on any atom is 0.167 e. The van der Waals surface area contributed by atoms with E-state index in [0.29, 0.717) is 15.9 Å². The van der Waals surface area contributed by atoms with Gasteiger partial charge in [0.2, 0.25) is 0 Å². The third-order valence-electron chi connectivity index (χ3n) is 3.50. The monoisotopic (exact) mass is 301 g/mol. The molecule has 2 aliphatic rings. The number of hydrogen-bond donors (Lipinski definition) is 0. The van der Waals surface area contributed by atoms with E-state index in [2.05, 4.69) is 9.98 Å². The lowest BCUT2D eigenvalue weighted by atomic mass is 10.1. The fraction of sp³-hybridized carbons (Fsp3) is 0.250. The van der Waals surface area contributed by atoms with E-state index in [9.17, 15) is 4.39 Å². The first-order valence-corrected chi connectivity index (χ1v) is 7.47. The highest BCUT2D eigenvalue weighted by Crippen LogP contribution is 2.33. The third-order valence-corrected chi connectivity index (χ3v) is 4.64. The minimum absolute atomic E-state index is 0.276. The zero-order valence-electron chi connectivity index (χ0n) is 12.4. The van der Waals surface area contributed by atoms with Gasteiger partial charge in [-0.05, 0) is 36.8 Å². The van der Waals surface area contributed by atoms with Gasteiger partial charge in [0.05, 0.1) is 26.1 Å². The lowest BCUT2D eigenvalue weighted by molar-refractivity contribution is 0.615. The summed E-state index contributed by atoms with van der Waals surface area (Å²) in [5, 5.41) is 0.420. The van der Waals surface area contributed by atoms with Gasteiger partial charge in [0.1, 0.15) is 0 Å². The molecule has 0 N–H and O–H groups in total. The molecule has 0 saturated heterocycles. The van der Waals surface area contributed by atoms with Gasteiger partial charge < -0.3 is 4.90 Å². The van der Waals surface area contributed by atoms with E-state index in [4.69, 9.17) is 0 Å². The van der Waals surface area contributed by atoms with Crippen LogP contribution in [0.2, 0.25) is 0 Å². The number of anilines is 1. The fourth-order valence-electron chi connectivity index (χ4n) is 2.38. The standard InChI is InChI=1S/C16H16FN3S/c1-9-7-12-16(14(17)15(9)18-2)21-13-8-10(20(3)4)5-6-11(13)19-12/h5-8H,1-4H3. The quantitative estimate of drug-likeness (QED) is 0.644. The number of aryl methyl sites for hydroxylation is 1. The van der Waals surface area contributed by atoms with Crippen molar-refractivity contribution in [3.8, 4) is 10.6 Å². The van der Waals surface area contributed by atoms with E-state index in [-0.39, 0.29) is 5.82 Å². The van der Waals surface area contributed by atoms with Crippen LogP contribution in [0.4, 0.5) is 10.1 Å². The molecule has 0 aromatic heterocycles. The van der Waals surface area contributed by atoms with E-state index < -0.39 is 0 Å². The van der Waals surface area contributed by atoms with Gasteiger partial charge in [-0.1, -0.05) is 0 Å². The largest absolute Gasteiger partial charge is 0.378 e. The summed E-state index contributed by atoms with van der Waals surface area (Å²) in [7, 11) is 5.58. The second-order valence-electron chi connectivity index (χ2n) is 5.19. The lowest BCUT2D eigenvalue weighted by Gasteiger charge is -2.14. The van der Waals surface area contributed by atoms with Crippen molar-refractivity contribution in [3.05, 3.63) is 41.0 Å². The van der Waals surface area contributed by atoms with E-state index in [1.54, 1.807) is 7.05 Å². The molecule has 5 heteroatoms. The summed E-state index contributed by atoms with van der Waals surface area (Å²) in [5.74, 6) is -0.276. The minimum Gasteiger partial charge on any atom is -0.378 e. The number of benzene rings is 2. The van der Waals surface area contributed by atoms with Crippen molar-refractivity contribution in [1.82, 2.24) is 4.98 Å². The molecule has 0 fully saturated rings. The Morgan fingerprint density at radius 1 is 1.24 bits per heavy atom. The highest BCUT2D eigenvalue weighted by Gasteiger charge is 2.16. The van der Waals surface area contributed by atoms with Crippen molar-refractivity contribution in [1.29, 1.82) is 0 Å². The van der Waals surface area contributed by atoms with Crippen molar-refractivity contribution in [2.45, 2.75) is 6.92 Å². The molecule has 21 heavy (non-hydrogen) atoms. The van der Waals surface area contributed by atoms with Crippen molar-refractivity contribution in [3.63, 3.8) is 0 Å². The Morgan fingerprint density at radius 2 is 2.00 bits per heavy atom. The molecule has 1 aliphatic heterocycles. The first-order chi connectivity index (χ1) is 10.0. The molecule has 0 radical (unpaired) electrons. The van der Waals surface area contributed by atoms with Crippen LogP contribution in [-0.2, 0) is 0 Å². The molecule has 0 spiro atoms. The predicted molar refractivity (Wildman–Crippen MR) is 86.8 cm³/mol. The number of halogens is 1. The SMILES string of the molecule is CN=c1c(C)cc2nc3ccc(N(C)C)cc3sc-2c1F. The van der Waals surface area contributed by atoms with Crippen molar-refractivity contribution in [2.75, 3.05) is 26.0 Å². The molecule has 3 rings (SSSR count). The zero-order valence-corrected chi connectivity index (χ0v) is 13.3. The molecule has 0 saturated carbocycles. The van der Waals surface area contributed by atoms with Crippen LogP contribution in [0.3, 0.4) is 0 Å². The Balaban J connectivity index is 2.40. The fourth-order valence-corrected chi connectivity index (χ4v) is 3.39. The van der Waals surface area contributed by atoms with Crippen molar-refractivity contribution in [2.24, 2.45) is 4.99 Å². The molecule has 1 heterocycles. The summed E-state index contributed by atoms with van der Waals surface area (Å²) < 4.78 is 15.6. The summed E-state index contributed by atoms with van der Waals surface area (Å²) in [4.78, 5) is 11.2. The summed E-state index contributed by atoms with van der Waals surface area (Å²) in [6.07, 6.45) is 0. The summed E-state index contributed by atoms with van der Waals surface area (Å²) >= 11 is 1.42. The van der Waals surface area contributed by atoms with Crippen molar-refractivity contribution < 1.29 is 4.39 Å². The molecule has 1 aromatic rings. The number of rotatable bonds is 1. The van der Waals surface area contributed by atoms with Crippen molar-refractivity contribution >= 4 is 27.2 Å². The maximum absolute atomic E-state index is 14.6. The van der Waals surface area contributed by atoms with Crippen LogP contribution < -0.4 is 10.3 Å². The van der Waals surface area contributed by atoms with Crippen LogP contribution in [0.1, 0.15) is 5.56 Å². The normalized spacial score (nSPS) is 12.3. The third kappa shape index (κ3) is 2.27. The first-order valence-electron chi connectivity index (χ1n) is 6.65. The molecular formula is C16H16FN3S. The highest BCUT2D eigenvalue weighted by atomic mass is 32.1. The Kier molecular flexibility index (Phi) is 3.37. The average molecular weight is 301 g/mol.